The number of para-hydroxylation sites is 3. The van der Waals surface area contributed by atoms with Gasteiger partial charge in [0.15, 0.2) is 11.1 Å². The molecule has 0 saturated heterocycles. The van der Waals surface area contributed by atoms with Crippen LogP contribution in [0.1, 0.15) is 131 Å². The van der Waals surface area contributed by atoms with Crippen LogP contribution in [0.4, 0.5) is 73.4 Å². The first-order valence-corrected chi connectivity index (χ1v) is 44.9. The van der Waals surface area contributed by atoms with E-state index in [9.17, 15) is 80.4 Å². The number of aryl methyl sites for hydroxylation is 3. The lowest BCUT2D eigenvalue weighted by molar-refractivity contribution is -0.574. The topological polar surface area (TPSA) is 430 Å². The zero-order chi connectivity index (χ0) is 103. The SMILES string of the molecule is CCCNC(=O)N(O)c1cc(C)ccc1Cl.CCCNC(=O)N(O)c1ccccc1Cl.CCNC(=O)N(O)c1cc(C)ccc1Cl.CCNC(=O)N(O)c1cccc(Cl)c1.CCNC(=O)N(O)c1ccccc1Cl.CNC(=O)N(O)c1cccc(C)c1.CNC(=O)N(O)c1ccccc1Cl.COc1ccc(C2=[N+](C)C(C)(C)C(C)(C)N2O)cc1.C[N+]1=C(c2ccccc2)N(O)C(C)(C)C1(C)C. The van der Waals surface area contributed by atoms with Gasteiger partial charge >= 0.3 is 53.9 Å². The number of benzene rings is 9. The van der Waals surface area contributed by atoms with Crippen molar-refractivity contribution in [3.63, 3.8) is 0 Å². The van der Waals surface area contributed by atoms with Gasteiger partial charge in [-0.2, -0.15) is 35.4 Å². The highest BCUT2D eigenvalue weighted by atomic mass is 35.5. The molecule has 9 aromatic rings. The minimum absolute atomic E-state index is 0.132. The first kappa shape index (κ1) is 118. The Morgan fingerprint density at radius 1 is 0.346 bits per heavy atom. The zero-order valence-corrected chi connectivity index (χ0v) is 84.7. The zero-order valence-electron chi connectivity index (χ0n) is 80.1. The fourth-order valence-corrected chi connectivity index (χ4v) is 13.0. The molecule has 9 aromatic carbocycles. The van der Waals surface area contributed by atoms with E-state index in [1.54, 1.807) is 161 Å². The number of nitrogens with zero attached hydrogens (tertiary/aromatic N) is 11. The molecule has 16 N–H and O–H groups in total. The lowest BCUT2D eigenvalue weighted by Crippen LogP contribution is -2.53. The average molecular weight is 2010 g/mol. The molecular weight excluding hydrogens is 1880 g/mol. The number of halogens is 6. The highest BCUT2D eigenvalue weighted by Gasteiger charge is 2.61. The number of carbonyl (C=O) groups excluding carboxylic acids is 7. The third-order valence-electron chi connectivity index (χ3n) is 21.2. The van der Waals surface area contributed by atoms with Crippen LogP contribution in [-0.2, 0) is 0 Å². The third kappa shape index (κ3) is 33.8. The standard InChI is InChI=1S/C15H23N2O2.C14H21N2O.C11H15ClN2O2.2C10H13ClN2O2.2C9H11ClN2O2.C9H12N2O2.C8H9ClN2O2/c1-14(2)15(3,4)17(18)13(16(14)5)11-7-9-12(19-6)10-8-11;1-13(2)14(3,4)16(17)12(15(13)5)11-9-7-6-8-10-11;1-3-6-13-11(15)14(16)10-7-8(2)4-5-9(10)12;1-3-12-10(14)13(15)9-6-7(2)4-5-8(9)11;1-2-7-12-10(14)13(15)9-6-4-3-5-8(9)11;1-2-11-9(13)12(14)8-5-3-4-7(10)6-8;1-2-11-9(13)12(14)8-6-4-3-5-7(8)10;1-7-4-3-5-8(6-7)11(13)9(12)10-2;1-10-8(12)11(13)7-5-3-2-4-6(7)9/h7-10,18H,1-6H3;6-10,17H,1-5H3;4-5,7,16H,3,6H2,1-2H3,(H,13,15);4-6,15H,3H2,1-2H3,(H,12,14);3-6,15H,2,7H2,1H3,(H,12,14);2*3-6,14H,2H2,1H3,(H,11,13);3-6,13H,1-2H3,(H,10,12);2-5,13H,1H3,(H,10,12)/q2*+1;;;;;;;. The average Bonchev–Trinajstić information content (AvgIpc) is 1.58. The Morgan fingerprint density at radius 2 is 0.640 bits per heavy atom. The normalized spacial score (nSPS) is 12.8. The molecule has 0 bridgehead atoms. The number of amides is 14. The minimum Gasteiger partial charge on any atom is -0.497 e. The molecule has 0 atom stereocenters. The number of likely N-dealkylation sites (N-methyl/N-ethyl adjacent to an activating group) is 2. The summed E-state index contributed by atoms with van der Waals surface area (Å²) in [7, 11) is 8.57. The van der Waals surface area contributed by atoms with Crippen LogP contribution in [0.3, 0.4) is 0 Å². The summed E-state index contributed by atoms with van der Waals surface area (Å²) >= 11 is 34.8. The Morgan fingerprint density at radius 3 is 0.963 bits per heavy atom. The summed E-state index contributed by atoms with van der Waals surface area (Å²) in [4.78, 5) is 78.5. The molecule has 41 heteroatoms. The highest BCUT2D eigenvalue weighted by molar-refractivity contribution is 6.35. The van der Waals surface area contributed by atoms with Crippen molar-refractivity contribution in [2.24, 2.45) is 0 Å². The molecule has 14 amide bonds. The maximum Gasteiger partial charge on any atom is 0.346 e. The number of ether oxygens (including phenoxy) is 1. The Bertz CT molecular complexity index is 5440. The van der Waals surface area contributed by atoms with Crippen molar-refractivity contribution in [2.75, 3.05) is 103 Å². The molecule has 2 aliphatic rings. The van der Waals surface area contributed by atoms with Gasteiger partial charge in [0.05, 0.1) is 97.3 Å². The molecule has 2 heterocycles. The van der Waals surface area contributed by atoms with E-state index < -0.39 is 42.2 Å². The molecule has 0 aromatic heterocycles. The number of nitrogens with one attached hydrogen (secondary N) is 7. The van der Waals surface area contributed by atoms with E-state index in [0.29, 0.717) is 110 Å². The van der Waals surface area contributed by atoms with Gasteiger partial charge in [-0.3, -0.25) is 45.6 Å². The summed E-state index contributed by atoms with van der Waals surface area (Å²) in [6, 6.07) is 56.9. The fourth-order valence-electron chi connectivity index (χ4n) is 11.7. The second kappa shape index (κ2) is 57.1. The van der Waals surface area contributed by atoms with Crippen molar-refractivity contribution in [1.82, 2.24) is 47.3 Å². The van der Waals surface area contributed by atoms with Crippen LogP contribution < -0.4 is 77.4 Å². The predicted octanol–water partition coefficient (Wildman–Crippen LogP) is 20.8. The molecule has 35 nitrogen and oxygen atoms in total. The Kier molecular flexibility index (Phi) is 49.6. The van der Waals surface area contributed by atoms with Crippen LogP contribution in [0.2, 0.25) is 30.1 Å². The van der Waals surface area contributed by atoms with E-state index >= 15 is 0 Å². The summed E-state index contributed by atoms with van der Waals surface area (Å²) in [6.45, 7) is 33.9. The van der Waals surface area contributed by atoms with Gasteiger partial charge in [-0.25, -0.2) is 44.0 Å². The number of methoxy groups -OCH3 is 1. The van der Waals surface area contributed by atoms with Gasteiger partial charge in [-0.05, 0) is 254 Å². The van der Waals surface area contributed by atoms with Crippen LogP contribution in [-0.4, -0.2) is 210 Å². The van der Waals surface area contributed by atoms with Gasteiger partial charge in [0, 0.05) is 51.8 Å². The lowest BCUT2D eigenvalue weighted by atomic mass is 9.83. The summed E-state index contributed by atoms with van der Waals surface area (Å²) in [5, 5.41) is 113. The van der Waals surface area contributed by atoms with Gasteiger partial charge < -0.3 is 42.0 Å². The maximum absolute atomic E-state index is 11.5. The summed E-state index contributed by atoms with van der Waals surface area (Å²) in [5.41, 5.74) is 5.99. The Labute approximate surface area is 825 Å². The molecule has 136 heavy (non-hydrogen) atoms. The number of anilines is 7. The van der Waals surface area contributed by atoms with Gasteiger partial charge in [-0.1, -0.05) is 168 Å². The number of rotatable bonds is 17. The van der Waals surface area contributed by atoms with Crippen LogP contribution >= 0.6 is 69.6 Å². The summed E-state index contributed by atoms with van der Waals surface area (Å²) in [5.74, 6) is 2.49. The smallest absolute Gasteiger partial charge is 0.346 e. The van der Waals surface area contributed by atoms with E-state index in [1.165, 1.54) is 36.4 Å². The van der Waals surface area contributed by atoms with Crippen molar-refractivity contribution in [3.8, 4) is 5.75 Å². The Balaban J connectivity index is 0.000000395. The van der Waals surface area contributed by atoms with Crippen LogP contribution in [0.25, 0.3) is 0 Å². The van der Waals surface area contributed by atoms with Crippen LogP contribution in [0.15, 0.2) is 212 Å². The summed E-state index contributed by atoms with van der Waals surface area (Å²) in [6.07, 6.45) is 1.61. The van der Waals surface area contributed by atoms with Crippen molar-refractivity contribution < 1.29 is 94.3 Å². The van der Waals surface area contributed by atoms with E-state index in [2.05, 4.69) is 87.9 Å². The Hall–Kier alpha value is -12.0. The number of hydroxylamine groups is 11. The largest absolute Gasteiger partial charge is 0.497 e. The molecule has 0 fully saturated rings. The van der Waals surface area contributed by atoms with E-state index in [-0.39, 0.29) is 50.6 Å². The van der Waals surface area contributed by atoms with Gasteiger partial charge in [-0.15, -0.1) is 10.1 Å². The van der Waals surface area contributed by atoms with Gasteiger partial charge in [0.25, 0.3) is 0 Å². The molecule has 0 unspecified atom stereocenters. The predicted molar refractivity (Wildman–Crippen MR) is 536 cm³/mol. The first-order chi connectivity index (χ1) is 63.9. The molecule has 0 saturated carbocycles. The van der Waals surface area contributed by atoms with Crippen molar-refractivity contribution in [2.45, 2.75) is 146 Å². The minimum atomic E-state index is -0.631. The van der Waals surface area contributed by atoms with Crippen LogP contribution in [0.5, 0.6) is 5.75 Å². The number of hydrogen-bond donors (Lipinski definition) is 16. The number of urea groups is 7. The van der Waals surface area contributed by atoms with Crippen LogP contribution in [0, 0.1) is 20.8 Å². The molecule has 0 spiro atoms. The molecule has 0 radical (unpaired) electrons. The van der Waals surface area contributed by atoms with Gasteiger partial charge in [0.1, 0.15) is 16.8 Å². The number of carbonyl (C=O) groups is 7. The number of hydrogen-bond acceptors (Lipinski definition) is 19. The lowest BCUT2D eigenvalue weighted by Gasteiger charge is -2.31. The summed E-state index contributed by atoms with van der Waals surface area (Å²) < 4.78 is 9.43. The van der Waals surface area contributed by atoms with E-state index in [0.717, 1.165) is 58.1 Å². The van der Waals surface area contributed by atoms with Crippen molar-refractivity contribution >= 4 is 163 Å². The van der Waals surface area contributed by atoms with E-state index in [4.69, 9.17) is 74.3 Å². The second-order valence-electron chi connectivity index (χ2n) is 31.6. The van der Waals surface area contributed by atoms with Crippen molar-refractivity contribution in [1.29, 1.82) is 0 Å². The molecule has 11 rings (SSSR count). The molecule has 0 aliphatic carbocycles. The van der Waals surface area contributed by atoms with Crippen molar-refractivity contribution in [3.05, 3.63) is 270 Å². The highest BCUT2D eigenvalue weighted by Crippen LogP contribution is 2.39. The molecule has 2 aliphatic heterocycles. The van der Waals surface area contributed by atoms with Gasteiger partial charge in [0.2, 0.25) is 0 Å². The van der Waals surface area contributed by atoms with E-state index in [1.807, 2.05) is 129 Å². The first-order valence-electron chi connectivity index (χ1n) is 42.7. The fraction of sp³-hybridized carbons (Fsp3) is 0.337. The monoisotopic (exact) mass is 2000 g/mol. The maximum atomic E-state index is 11.5. The molecule has 740 valence electrons. The number of amidine groups is 2. The quantitative estimate of drug-likeness (QED) is 0.0229. The second-order valence-corrected chi connectivity index (χ2v) is 34.0. The molecular formula is C95H128Cl6N18O17+2. The third-order valence-corrected chi connectivity index (χ3v) is 23.0.